The molecule has 0 saturated heterocycles. The zero-order chi connectivity index (χ0) is 15.0. The number of carbonyl (C=O) groups excluding carboxylic acids is 1. The van der Waals surface area contributed by atoms with Crippen LogP contribution in [0, 0.1) is 5.92 Å². The molecule has 1 amide bonds. The van der Waals surface area contributed by atoms with Crippen molar-refractivity contribution in [3.8, 4) is 0 Å². The number of methoxy groups -OCH3 is 2. The van der Waals surface area contributed by atoms with Crippen molar-refractivity contribution in [2.45, 2.75) is 31.2 Å². The highest BCUT2D eigenvalue weighted by Crippen LogP contribution is 2.35. The van der Waals surface area contributed by atoms with E-state index in [-0.39, 0.29) is 11.8 Å². The lowest BCUT2D eigenvalue weighted by molar-refractivity contribution is -0.124. The summed E-state index contributed by atoms with van der Waals surface area (Å²) in [7, 11) is 3.40. The topological polar surface area (TPSA) is 90.8 Å². The number of nitrogens with two attached hydrogens (primary N) is 2. The number of nitrogens with zero attached hydrogens (tertiary/aromatic N) is 1. The quantitative estimate of drug-likeness (QED) is 0.588. The summed E-state index contributed by atoms with van der Waals surface area (Å²) in [5.74, 6) is -0.173. The molecule has 0 aromatic carbocycles. The van der Waals surface area contributed by atoms with Gasteiger partial charge in [0.25, 0.3) is 0 Å². The van der Waals surface area contributed by atoms with Crippen molar-refractivity contribution in [2.24, 2.45) is 17.4 Å². The van der Waals surface area contributed by atoms with Crippen LogP contribution < -0.4 is 11.5 Å². The van der Waals surface area contributed by atoms with Crippen LogP contribution in [0.5, 0.6) is 0 Å². The molecular weight excluding hydrogens is 258 g/mol. The molecule has 2 unspecified atom stereocenters. The second-order valence-corrected chi connectivity index (χ2v) is 5.61. The van der Waals surface area contributed by atoms with Crippen molar-refractivity contribution in [1.82, 2.24) is 4.90 Å². The van der Waals surface area contributed by atoms with E-state index < -0.39 is 5.54 Å². The van der Waals surface area contributed by atoms with Crippen LogP contribution in [-0.4, -0.2) is 63.4 Å². The maximum Gasteiger partial charge on any atom is 0.237 e. The van der Waals surface area contributed by atoms with Crippen molar-refractivity contribution in [3.05, 3.63) is 0 Å². The minimum Gasteiger partial charge on any atom is -0.383 e. The maximum absolute atomic E-state index is 11.6. The van der Waals surface area contributed by atoms with Crippen molar-refractivity contribution >= 4 is 5.91 Å². The van der Waals surface area contributed by atoms with Crippen molar-refractivity contribution in [2.75, 3.05) is 47.1 Å². The van der Waals surface area contributed by atoms with Gasteiger partial charge in [-0.3, -0.25) is 9.69 Å². The summed E-state index contributed by atoms with van der Waals surface area (Å²) in [5.41, 5.74) is 10.9. The molecular formula is C14H29N3O3. The predicted molar refractivity (Wildman–Crippen MR) is 78.3 cm³/mol. The first-order valence-electron chi connectivity index (χ1n) is 7.33. The number of ether oxygens (including phenoxy) is 2. The highest BCUT2D eigenvalue weighted by molar-refractivity contribution is 5.85. The fraction of sp³-hybridized carbons (Fsp3) is 0.929. The molecule has 0 heterocycles. The molecule has 1 saturated carbocycles. The summed E-state index contributed by atoms with van der Waals surface area (Å²) in [6, 6.07) is 0. The van der Waals surface area contributed by atoms with Crippen LogP contribution in [-0.2, 0) is 14.3 Å². The van der Waals surface area contributed by atoms with E-state index in [0.29, 0.717) is 19.6 Å². The summed E-state index contributed by atoms with van der Waals surface area (Å²) < 4.78 is 10.2. The molecule has 0 bridgehead atoms. The Morgan fingerprint density at radius 1 is 1.25 bits per heavy atom. The van der Waals surface area contributed by atoms with Gasteiger partial charge >= 0.3 is 0 Å². The fourth-order valence-electron chi connectivity index (χ4n) is 2.94. The maximum atomic E-state index is 11.6. The molecule has 4 N–H and O–H groups in total. The highest BCUT2D eigenvalue weighted by atomic mass is 16.5. The van der Waals surface area contributed by atoms with Gasteiger partial charge < -0.3 is 20.9 Å². The molecule has 1 aliphatic carbocycles. The molecule has 1 rings (SSSR count). The first kappa shape index (κ1) is 17.4. The number of hydrogen-bond acceptors (Lipinski definition) is 5. The Labute approximate surface area is 121 Å². The van der Waals surface area contributed by atoms with Crippen LogP contribution in [0.25, 0.3) is 0 Å². The van der Waals surface area contributed by atoms with Gasteiger partial charge in [0.15, 0.2) is 0 Å². The third kappa shape index (κ3) is 4.70. The third-order valence-electron chi connectivity index (χ3n) is 4.35. The second kappa shape index (κ2) is 8.56. The van der Waals surface area contributed by atoms with E-state index in [1.165, 1.54) is 0 Å². The van der Waals surface area contributed by atoms with Crippen molar-refractivity contribution < 1.29 is 14.3 Å². The summed E-state index contributed by atoms with van der Waals surface area (Å²) in [6.45, 7) is 4.00. The number of rotatable bonds is 10. The summed E-state index contributed by atoms with van der Waals surface area (Å²) in [6.07, 6.45) is 3.58. The van der Waals surface area contributed by atoms with Gasteiger partial charge in [0.05, 0.1) is 18.8 Å². The van der Waals surface area contributed by atoms with Crippen LogP contribution in [0.4, 0.5) is 0 Å². The Hall–Kier alpha value is -0.690. The Morgan fingerprint density at radius 2 is 1.85 bits per heavy atom. The normalized spacial score (nSPS) is 26.3. The third-order valence-corrected chi connectivity index (χ3v) is 4.35. The van der Waals surface area contributed by atoms with E-state index >= 15 is 0 Å². The van der Waals surface area contributed by atoms with Gasteiger partial charge in [0, 0.05) is 27.3 Å². The minimum absolute atomic E-state index is 0.188. The lowest BCUT2D eigenvalue weighted by atomic mass is 9.85. The van der Waals surface area contributed by atoms with E-state index in [1.807, 2.05) is 0 Å². The second-order valence-electron chi connectivity index (χ2n) is 5.61. The number of carbonyl (C=O) groups is 1. The monoisotopic (exact) mass is 287 g/mol. The van der Waals surface area contributed by atoms with Gasteiger partial charge in [-0.25, -0.2) is 0 Å². The number of hydrogen-bond donors (Lipinski definition) is 2. The molecule has 1 aliphatic rings. The SMILES string of the molecule is COCCN(CCOC)CCC1CCCC1(N)C(N)=O. The minimum atomic E-state index is -0.811. The lowest BCUT2D eigenvalue weighted by Crippen LogP contribution is -2.55. The smallest absolute Gasteiger partial charge is 0.237 e. The van der Waals surface area contributed by atoms with Gasteiger partial charge in [-0.2, -0.15) is 0 Å². The van der Waals surface area contributed by atoms with E-state index in [9.17, 15) is 4.79 Å². The molecule has 0 aromatic rings. The molecule has 0 aliphatic heterocycles. The lowest BCUT2D eigenvalue weighted by Gasteiger charge is -2.30. The predicted octanol–water partition coefficient (Wildman–Crippen LogP) is -0.0458. The summed E-state index contributed by atoms with van der Waals surface area (Å²) >= 11 is 0. The zero-order valence-electron chi connectivity index (χ0n) is 12.8. The Kier molecular flexibility index (Phi) is 7.43. The van der Waals surface area contributed by atoms with Crippen LogP contribution >= 0.6 is 0 Å². The average molecular weight is 287 g/mol. The Balaban J connectivity index is 2.46. The largest absolute Gasteiger partial charge is 0.383 e. The van der Waals surface area contributed by atoms with Gasteiger partial charge in [0.1, 0.15) is 0 Å². The van der Waals surface area contributed by atoms with E-state index in [2.05, 4.69) is 4.90 Å². The Bertz CT molecular complexity index is 293. The molecule has 1 fully saturated rings. The van der Waals surface area contributed by atoms with E-state index in [4.69, 9.17) is 20.9 Å². The standard InChI is InChI=1S/C14H29N3O3/c1-19-10-8-17(9-11-20-2)7-5-12-4-3-6-14(12,16)13(15)18/h12H,3-11,16H2,1-2H3,(H2,15,18). The molecule has 118 valence electrons. The average Bonchev–Trinajstić information content (AvgIpc) is 2.81. The van der Waals surface area contributed by atoms with Gasteiger partial charge in [-0.1, -0.05) is 6.42 Å². The zero-order valence-corrected chi connectivity index (χ0v) is 12.8. The first-order chi connectivity index (χ1) is 9.54. The van der Waals surface area contributed by atoms with Gasteiger partial charge in [-0.05, 0) is 31.7 Å². The first-order valence-corrected chi connectivity index (χ1v) is 7.33. The van der Waals surface area contributed by atoms with Gasteiger partial charge in [-0.15, -0.1) is 0 Å². The molecule has 0 aromatic heterocycles. The number of primary amides is 1. The molecule has 0 spiro atoms. The summed E-state index contributed by atoms with van der Waals surface area (Å²) in [5, 5.41) is 0. The molecule has 2 atom stereocenters. The van der Waals surface area contributed by atoms with Crippen LogP contribution in [0.15, 0.2) is 0 Å². The van der Waals surface area contributed by atoms with Crippen molar-refractivity contribution in [1.29, 1.82) is 0 Å². The fourth-order valence-corrected chi connectivity index (χ4v) is 2.94. The number of amides is 1. The van der Waals surface area contributed by atoms with Crippen LogP contribution in [0.1, 0.15) is 25.7 Å². The van der Waals surface area contributed by atoms with Crippen molar-refractivity contribution in [3.63, 3.8) is 0 Å². The molecule has 0 radical (unpaired) electrons. The van der Waals surface area contributed by atoms with E-state index in [1.54, 1.807) is 14.2 Å². The molecule has 20 heavy (non-hydrogen) atoms. The van der Waals surface area contributed by atoms with Crippen LogP contribution in [0.2, 0.25) is 0 Å². The van der Waals surface area contributed by atoms with E-state index in [0.717, 1.165) is 38.9 Å². The highest BCUT2D eigenvalue weighted by Gasteiger charge is 2.43. The molecule has 6 nitrogen and oxygen atoms in total. The van der Waals surface area contributed by atoms with Gasteiger partial charge in [0.2, 0.25) is 5.91 Å². The summed E-state index contributed by atoms with van der Waals surface area (Å²) in [4.78, 5) is 13.9. The molecule has 6 heteroatoms. The Morgan fingerprint density at radius 3 is 2.35 bits per heavy atom. The van der Waals surface area contributed by atoms with Crippen LogP contribution in [0.3, 0.4) is 0 Å².